The van der Waals surface area contributed by atoms with E-state index < -0.39 is 6.17 Å². The molecule has 4 rings (SSSR count). The molecule has 1 saturated carbocycles. The van der Waals surface area contributed by atoms with E-state index in [1.54, 1.807) is 18.5 Å². The van der Waals surface area contributed by atoms with Crippen molar-refractivity contribution in [1.82, 2.24) is 15.0 Å². The largest absolute Gasteiger partial charge is 0.382 e. The highest BCUT2D eigenvalue weighted by molar-refractivity contribution is 7.99. The van der Waals surface area contributed by atoms with Crippen molar-refractivity contribution in [3.63, 3.8) is 0 Å². The first-order valence-corrected chi connectivity index (χ1v) is 10.4. The lowest BCUT2D eigenvalue weighted by molar-refractivity contribution is 0.184. The molecule has 150 valence electrons. The van der Waals surface area contributed by atoms with Crippen LogP contribution in [0.5, 0.6) is 0 Å². The van der Waals surface area contributed by atoms with Gasteiger partial charge < -0.3 is 22.1 Å². The Kier molecular flexibility index (Phi) is 5.24. The molecule has 0 amide bonds. The van der Waals surface area contributed by atoms with Gasteiger partial charge in [-0.25, -0.2) is 19.3 Å². The van der Waals surface area contributed by atoms with Gasteiger partial charge >= 0.3 is 0 Å². The fourth-order valence-corrected chi connectivity index (χ4v) is 5.21. The number of anilines is 3. The summed E-state index contributed by atoms with van der Waals surface area (Å²) in [6.45, 7) is 1.54. The minimum atomic E-state index is -0.776. The molecule has 6 N–H and O–H groups in total. The van der Waals surface area contributed by atoms with Crippen molar-refractivity contribution in [1.29, 1.82) is 0 Å². The summed E-state index contributed by atoms with van der Waals surface area (Å²) in [4.78, 5) is 15.8. The SMILES string of the molecule is Nc1nc(N2CCC3(CC2)C[C@H](F)C[C@H]3N)cnc1Sc1ccnc(N)c1Cl. The molecular formula is C18H23ClFN7S. The van der Waals surface area contributed by atoms with Crippen molar-refractivity contribution in [3.8, 4) is 0 Å². The van der Waals surface area contributed by atoms with E-state index in [4.69, 9.17) is 28.8 Å². The summed E-state index contributed by atoms with van der Waals surface area (Å²) in [6, 6.07) is 1.70. The number of rotatable bonds is 3. The smallest absolute Gasteiger partial charge is 0.158 e. The van der Waals surface area contributed by atoms with Crippen molar-refractivity contribution in [2.24, 2.45) is 11.1 Å². The van der Waals surface area contributed by atoms with Crippen LogP contribution in [0.2, 0.25) is 5.02 Å². The van der Waals surface area contributed by atoms with E-state index in [0.29, 0.717) is 28.7 Å². The highest BCUT2D eigenvalue weighted by Crippen LogP contribution is 2.47. The summed E-state index contributed by atoms with van der Waals surface area (Å²) in [5.41, 5.74) is 18.0. The zero-order valence-corrected chi connectivity index (χ0v) is 16.9. The molecule has 2 aromatic heterocycles. The van der Waals surface area contributed by atoms with Gasteiger partial charge in [0, 0.05) is 30.2 Å². The summed E-state index contributed by atoms with van der Waals surface area (Å²) < 4.78 is 13.8. The maximum Gasteiger partial charge on any atom is 0.158 e. The van der Waals surface area contributed by atoms with E-state index in [9.17, 15) is 4.39 Å². The van der Waals surface area contributed by atoms with Gasteiger partial charge in [0.15, 0.2) is 5.82 Å². The number of halogens is 2. The van der Waals surface area contributed by atoms with E-state index in [-0.39, 0.29) is 17.3 Å². The Bertz CT molecular complexity index is 875. The molecule has 2 aliphatic rings. The quantitative estimate of drug-likeness (QED) is 0.689. The van der Waals surface area contributed by atoms with Crippen LogP contribution in [0, 0.1) is 5.41 Å². The van der Waals surface area contributed by atoms with Crippen molar-refractivity contribution in [2.45, 2.75) is 47.8 Å². The van der Waals surface area contributed by atoms with Gasteiger partial charge in [-0.15, -0.1) is 0 Å². The summed E-state index contributed by atoms with van der Waals surface area (Å²) in [6.07, 6.45) is 5.28. The molecule has 0 unspecified atom stereocenters. The molecule has 1 saturated heterocycles. The Balaban J connectivity index is 1.46. The first-order valence-electron chi connectivity index (χ1n) is 9.23. The summed E-state index contributed by atoms with van der Waals surface area (Å²) in [7, 11) is 0. The minimum absolute atomic E-state index is 0.0582. The zero-order valence-electron chi connectivity index (χ0n) is 15.3. The third-order valence-electron chi connectivity index (χ3n) is 5.85. The second-order valence-electron chi connectivity index (χ2n) is 7.52. The molecule has 3 heterocycles. The lowest BCUT2D eigenvalue weighted by Gasteiger charge is -2.42. The Morgan fingerprint density at radius 3 is 2.61 bits per heavy atom. The van der Waals surface area contributed by atoms with Gasteiger partial charge in [-0.2, -0.15) is 0 Å². The molecule has 0 aromatic carbocycles. The van der Waals surface area contributed by atoms with E-state index in [2.05, 4.69) is 19.9 Å². The van der Waals surface area contributed by atoms with E-state index in [1.165, 1.54) is 11.8 Å². The molecule has 0 bridgehead atoms. The Hall–Kier alpha value is -1.84. The van der Waals surface area contributed by atoms with Gasteiger partial charge in [0.05, 0.1) is 11.2 Å². The summed E-state index contributed by atoms with van der Waals surface area (Å²) in [5.74, 6) is 1.31. The fraction of sp³-hybridized carbons (Fsp3) is 0.500. The molecule has 2 atom stereocenters. The Morgan fingerprint density at radius 1 is 1.21 bits per heavy atom. The van der Waals surface area contributed by atoms with Crippen molar-refractivity contribution in [3.05, 3.63) is 23.5 Å². The van der Waals surface area contributed by atoms with Gasteiger partial charge in [0.25, 0.3) is 0 Å². The zero-order chi connectivity index (χ0) is 19.9. The normalized spacial score (nSPS) is 24.0. The number of nitrogen functional groups attached to an aromatic ring is 2. The number of alkyl halides is 1. The highest BCUT2D eigenvalue weighted by Gasteiger charge is 2.47. The summed E-state index contributed by atoms with van der Waals surface area (Å²) >= 11 is 7.49. The predicted molar refractivity (Wildman–Crippen MR) is 110 cm³/mol. The summed E-state index contributed by atoms with van der Waals surface area (Å²) in [5, 5.41) is 0.931. The van der Waals surface area contributed by atoms with Gasteiger partial charge in [-0.05, 0) is 37.2 Å². The van der Waals surface area contributed by atoms with Crippen LogP contribution < -0.4 is 22.1 Å². The van der Waals surface area contributed by atoms with Crippen LogP contribution in [0.4, 0.5) is 21.8 Å². The average molecular weight is 424 g/mol. The van der Waals surface area contributed by atoms with Crippen LogP contribution in [-0.4, -0.2) is 40.3 Å². The molecule has 1 spiro atoms. The number of hydrogen-bond acceptors (Lipinski definition) is 8. The van der Waals surface area contributed by atoms with Gasteiger partial charge in [-0.3, -0.25) is 0 Å². The maximum absolute atomic E-state index is 13.8. The van der Waals surface area contributed by atoms with Crippen LogP contribution in [0.15, 0.2) is 28.4 Å². The first kappa shape index (κ1) is 19.5. The molecule has 2 aromatic rings. The molecule has 2 fully saturated rings. The standard InChI is InChI=1S/C18H23ClFN7S/c19-14-11(1-4-24-15(14)22)28-17-16(23)26-13(9-25-17)27-5-2-18(3-6-27)8-10(20)7-12(18)21/h1,4,9-10,12H,2-3,5-8,21H2,(H2,22,24)(H2,23,26)/t10-,12-/m1/s1. The first-order chi connectivity index (χ1) is 13.4. The average Bonchev–Trinajstić information content (AvgIpc) is 2.94. The number of hydrogen-bond donors (Lipinski definition) is 3. The third-order valence-corrected chi connectivity index (χ3v) is 7.42. The number of nitrogens with two attached hydrogens (primary N) is 3. The topological polar surface area (TPSA) is 120 Å². The van der Waals surface area contributed by atoms with Crippen LogP contribution in [0.25, 0.3) is 0 Å². The van der Waals surface area contributed by atoms with Crippen LogP contribution in [0.1, 0.15) is 25.7 Å². The predicted octanol–water partition coefficient (Wildman–Crippen LogP) is 2.89. The monoisotopic (exact) mass is 423 g/mol. The number of piperidine rings is 1. The maximum atomic E-state index is 13.8. The van der Waals surface area contributed by atoms with Crippen molar-refractivity contribution >= 4 is 40.8 Å². The Labute approximate surface area is 172 Å². The van der Waals surface area contributed by atoms with Crippen LogP contribution in [0.3, 0.4) is 0 Å². The molecule has 28 heavy (non-hydrogen) atoms. The van der Waals surface area contributed by atoms with Crippen molar-refractivity contribution in [2.75, 3.05) is 29.5 Å². The number of nitrogens with zero attached hydrogens (tertiary/aromatic N) is 4. The van der Waals surface area contributed by atoms with E-state index >= 15 is 0 Å². The molecule has 7 nitrogen and oxygen atoms in total. The second-order valence-corrected chi connectivity index (χ2v) is 8.93. The van der Waals surface area contributed by atoms with E-state index in [0.717, 1.165) is 36.6 Å². The van der Waals surface area contributed by atoms with Crippen LogP contribution in [-0.2, 0) is 0 Å². The van der Waals surface area contributed by atoms with Crippen LogP contribution >= 0.6 is 23.4 Å². The third kappa shape index (κ3) is 3.58. The van der Waals surface area contributed by atoms with Crippen molar-refractivity contribution < 1.29 is 4.39 Å². The molecule has 0 radical (unpaired) electrons. The molecular weight excluding hydrogens is 401 g/mol. The van der Waals surface area contributed by atoms with Gasteiger partial charge in [-0.1, -0.05) is 23.4 Å². The second kappa shape index (κ2) is 7.53. The van der Waals surface area contributed by atoms with Gasteiger partial charge in [0.1, 0.15) is 22.8 Å². The highest BCUT2D eigenvalue weighted by atomic mass is 35.5. The minimum Gasteiger partial charge on any atom is -0.382 e. The lowest BCUT2D eigenvalue weighted by atomic mass is 9.74. The molecule has 1 aliphatic carbocycles. The lowest BCUT2D eigenvalue weighted by Crippen LogP contribution is -2.47. The van der Waals surface area contributed by atoms with E-state index in [1.807, 2.05) is 0 Å². The Morgan fingerprint density at radius 2 is 1.96 bits per heavy atom. The number of pyridine rings is 1. The fourth-order valence-electron chi connectivity index (χ4n) is 4.20. The van der Waals surface area contributed by atoms with Gasteiger partial charge in [0.2, 0.25) is 0 Å². The number of aromatic nitrogens is 3. The molecule has 10 heteroatoms. The molecule has 1 aliphatic heterocycles.